The smallest absolute Gasteiger partial charge is 0.160 e. The molecule has 3 aromatic rings. The van der Waals surface area contributed by atoms with Crippen molar-refractivity contribution in [3.8, 4) is 0 Å². The predicted octanol–water partition coefficient (Wildman–Crippen LogP) is 1.50. The van der Waals surface area contributed by atoms with Gasteiger partial charge >= 0.3 is 0 Å². The van der Waals surface area contributed by atoms with E-state index in [4.69, 9.17) is 5.73 Å². The first kappa shape index (κ1) is 11.2. The summed E-state index contributed by atoms with van der Waals surface area (Å²) in [7, 11) is 0. The van der Waals surface area contributed by atoms with Crippen molar-refractivity contribution in [1.29, 1.82) is 0 Å². The summed E-state index contributed by atoms with van der Waals surface area (Å²) in [4.78, 5) is 15.9. The summed E-state index contributed by atoms with van der Waals surface area (Å²) in [6, 6.07) is 10.2. The fourth-order valence-corrected chi connectivity index (χ4v) is 2.78. The van der Waals surface area contributed by atoms with E-state index in [0.29, 0.717) is 12.1 Å². The molecule has 3 nitrogen and oxygen atoms in total. The lowest BCUT2D eigenvalue weighted by Gasteiger charge is -2.06. The van der Waals surface area contributed by atoms with Crippen LogP contribution in [0.5, 0.6) is 0 Å². The number of fused-ring (bicyclic) bond motifs is 4. The number of benzene rings is 2. The number of nitrogen functional groups attached to an aromatic ring is 1. The van der Waals surface area contributed by atoms with Crippen LogP contribution >= 0.6 is 0 Å². The van der Waals surface area contributed by atoms with E-state index in [1.807, 2.05) is 24.3 Å². The third-order valence-corrected chi connectivity index (χ3v) is 3.75. The highest BCUT2D eigenvalue weighted by atomic mass is 16.1. The average Bonchev–Trinajstić information content (AvgIpc) is 2.45. The molecule has 20 heavy (non-hydrogen) atoms. The van der Waals surface area contributed by atoms with Gasteiger partial charge in [0.25, 0.3) is 0 Å². The summed E-state index contributed by atoms with van der Waals surface area (Å²) >= 11 is 0. The molecule has 0 bridgehead atoms. The number of anilines is 1. The first-order valence-electron chi connectivity index (χ1n) is 6.53. The molecule has 2 N–H and O–H groups in total. The van der Waals surface area contributed by atoms with Gasteiger partial charge in [0.1, 0.15) is 0 Å². The Bertz CT molecular complexity index is 1000. The largest absolute Gasteiger partial charge is 0.397 e. The number of carbonyl (C=O) groups is 1. The van der Waals surface area contributed by atoms with Gasteiger partial charge in [-0.1, -0.05) is 12.1 Å². The van der Waals surface area contributed by atoms with Crippen LogP contribution in [0, 0.1) is 0 Å². The lowest BCUT2D eigenvalue weighted by Crippen LogP contribution is -2.28. The van der Waals surface area contributed by atoms with Gasteiger partial charge in [-0.2, -0.15) is 0 Å². The van der Waals surface area contributed by atoms with Crippen molar-refractivity contribution in [2.24, 2.45) is 0 Å². The van der Waals surface area contributed by atoms with Crippen LogP contribution in [0.4, 0.5) is 5.69 Å². The highest BCUT2D eigenvalue weighted by Crippen LogP contribution is 2.23. The number of carbonyl (C=O) groups excluding carboxylic acids is 1. The summed E-state index contributed by atoms with van der Waals surface area (Å²) in [5, 5.41) is 5.37. The zero-order valence-electron chi connectivity index (χ0n) is 10.8. The molecule has 1 aliphatic rings. The number of ketones is 1. The van der Waals surface area contributed by atoms with Crippen molar-refractivity contribution in [3.05, 3.63) is 47.0 Å². The molecule has 0 aliphatic heterocycles. The summed E-state index contributed by atoms with van der Waals surface area (Å²) in [5.74, 6) is 0.156. The lowest BCUT2D eigenvalue weighted by atomic mass is 9.99. The van der Waals surface area contributed by atoms with Crippen molar-refractivity contribution in [3.63, 3.8) is 0 Å². The van der Waals surface area contributed by atoms with Crippen LogP contribution in [-0.4, -0.2) is 10.8 Å². The van der Waals surface area contributed by atoms with Crippen molar-refractivity contribution < 1.29 is 4.79 Å². The molecule has 4 rings (SSSR count). The fourth-order valence-electron chi connectivity index (χ4n) is 2.78. The van der Waals surface area contributed by atoms with Crippen molar-refractivity contribution in [1.82, 2.24) is 4.98 Å². The zero-order chi connectivity index (χ0) is 13.7. The Morgan fingerprint density at radius 2 is 1.95 bits per heavy atom. The first-order chi connectivity index (χ1) is 9.70. The maximum atomic E-state index is 11.5. The van der Waals surface area contributed by atoms with Crippen molar-refractivity contribution in [2.75, 3.05) is 5.73 Å². The molecule has 0 saturated heterocycles. The van der Waals surface area contributed by atoms with Crippen molar-refractivity contribution in [2.45, 2.75) is 6.42 Å². The fraction of sp³-hybridized carbons (Fsp3) is 0.0588. The van der Waals surface area contributed by atoms with Gasteiger partial charge in [0.2, 0.25) is 0 Å². The molecule has 96 valence electrons. The standard InChI is InChI=1S/C17H12N2O/c18-13-8-16-15-7-10-1-3-14(20)6-12(10)5-11(15)2-4-17(16)19-9-13/h1-2,4-9H,3,18H2. The third-order valence-electron chi connectivity index (χ3n) is 3.75. The minimum atomic E-state index is 0.156. The number of nitrogens with zero attached hydrogens (tertiary/aromatic N) is 1. The van der Waals surface area contributed by atoms with Gasteiger partial charge in [-0.15, -0.1) is 0 Å². The summed E-state index contributed by atoms with van der Waals surface area (Å²) in [6.07, 6.45) is 5.85. The highest BCUT2D eigenvalue weighted by Gasteiger charge is 2.06. The average molecular weight is 260 g/mol. The van der Waals surface area contributed by atoms with Crippen LogP contribution in [0.2, 0.25) is 0 Å². The second kappa shape index (κ2) is 3.90. The summed E-state index contributed by atoms with van der Waals surface area (Å²) < 4.78 is 0. The van der Waals surface area contributed by atoms with E-state index < -0.39 is 0 Å². The van der Waals surface area contributed by atoms with Gasteiger partial charge in [0, 0.05) is 11.8 Å². The Morgan fingerprint density at radius 1 is 1.05 bits per heavy atom. The molecule has 1 aliphatic carbocycles. The van der Waals surface area contributed by atoms with Crippen LogP contribution in [0.3, 0.4) is 0 Å². The van der Waals surface area contributed by atoms with Crippen LogP contribution in [0.25, 0.3) is 33.8 Å². The molecule has 1 aromatic heterocycles. The lowest BCUT2D eigenvalue weighted by molar-refractivity contribution is -0.112. The topological polar surface area (TPSA) is 56.0 Å². The second-order valence-electron chi connectivity index (χ2n) is 5.12. The Hall–Kier alpha value is -2.68. The van der Waals surface area contributed by atoms with Gasteiger partial charge in [0.05, 0.1) is 17.4 Å². The third kappa shape index (κ3) is 1.60. The SMILES string of the molecule is Nc1cnc2ccc3cc4c(cc3c2c1)=CCC(=O)C=4. The number of hydrogen-bond acceptors (Lipinski definition) is 3. The number of rotatable bonds is 0. The van der Waals surface area contributed by atoms with Gasteiger partial charge in [-0.05, 0) is 51.6 Å². The molecule has 0 saturated carbocycles. The Labute approximate surface area is 115 Å². The van der Waals surface area contributed by atoms with E-state index in [2.05, 4.69) is 17.1 Å². The van der Waals surface area contributed by atoms with E-state index in [-0.39, 0.29) is 5.78 Å². The van der Waals surface area contributed by atoms with Crippen molar-refractivity contribution >= 4 is 45.3 Å². The Balaban J connectivity index is 2.22. The van der Waals surface area contributed by atoms with E-state index >= 15 is 0 Å². The minimum absolute atomic E-state index is 0.156. The highest BCUT2D eigenvalue weighted by molar-refractivity contribution is 6.11. The maximum absolute atomic E-state index is 11.5. The number of hydrogen-bond donors (Lipinski definition) is 1. The van der Waals surface area contributed by atoms with Gasteiger partial charge in [-0.25, -0.2) is 0 Å². The molecule has 0 amide bonds. The number of nitrogens with two attached hydrogens (primary N) is 1. The van der Waals surface area contributed by atoms with E-state index in [1.165, 1.54) is 0 Å². The normalized spacial score (nSPS) is 13.9. The second-order valence-corrected chi connectivity index (χ2v) is 5.12. The first-order valence-corrected chi connectivity index (χ1v) is 6.53. The maximum Gasteiger partial charge on any atom is 0.160 e. The monoisotopic (exact) mass is 260 g/mol. The molecular weight excluding hydrogens is 248 g/mol. The molecule has 0 unspecified atom stereocenters. The molecule has 1 heterocycles. The molecular formula is C17H12N2O. The molecule has 0 fully saturated rings. The Kier molecular flexibility index (Phi) is 2.18. The van der Waals surface area contributed by atoms with Crippen LogP contribution in [0.15, 0.2) is 36.5 Å². The van der Waals surface area contributed by atoms with Gasteiger partial charge in [-0.3, -0.25) is 9.78 Å². The quantitative estimate of drug-likeness (QED) is 0.623. The molecule has 0 atom stereocenters. The summed E-state index contributed by atoms with van der Waals surface area (Å²) in [6.45, 7) is 0. The molecule has 3 heteroatoms. The van der Waals surface area contributed by atoms with E-state index in [1.54, 1.807) is 12.3 Å². The van der Waals surface area contributed by atoms with Crippen LogP contribution in [-0.2, 0) is 4.79 Å². The van der Waals surface area contributed by atoms with Gasteiger partial charge < -0.3 is 5.73 Å². The van der Waals surface area contributed by atoms with Gasteiger partial charge in [0.15, 0.2) is 5.78 Å². The summed E-state index contributed by atoms with van der Waals surface area (Å²) in [5.41, 5.74) is 7.44. The van der Waals surface area contributed by atoms with E-state index in [0.717, 1.165) is 32.1 Å². The predicted molar refractivity (Wildman–Crippen MR) is 81.5 cm³/mol. The molecule has 0 spiro atoms. The number of pyridine rings is 1. The van der Waals surface area contributed by atoms with E-state index in [9.17, 15) is 4.79 Å². The zero-order valence-corrected chi connectivity index (χ0v) is 10.8. The number of aromatic nitrogens is 1. The number of Topliss-reactive ketones (excluding diaryl/α,β-unsaturated/α-hetero) is 1. The molecule has 0 radical (unpaired) electrons. The van der Waals surface area contributed by atoms with Crippen LogP contribution < -0.4 is 16.2 Å². The van der Waals surface area contributed by atoms with Crippen LogP contribution in [0.1, 0.15) is 6.42 Å². The Morgan fingerprint density at radius 3 is 2.85 bits per heavy atom. The minimum Gasteiger partial charge on any atom is -0.397 e. The molecule has 2 aromatic carbocycles.